The van der Waals surface area contributed by atoms with Gasteiger partial charge in [-0.1, -0.05) is 0 Å². The summed E-state index contributed by atoms with van der Waals surface area (Å²) in [5.74, 6) is 1.36. The van der Waals surface area contributed by atoms with Gasteiger partial charge in [0.2, 0.25) is 5.95 Å². The van der Waals surface area contributed by atoms with Crippen LogP contribution in [0.4, 0.5) is 15.5 Å². The van der Waals surface area contributed by atoms with Crippen LogP contribution >= 0.6 is 11.3 Å². The fraction of sp³-hybridized carbons (Fsp3) is 0.200. The molecule has 8 heteroatoms. The SMILES string of the molecule is Cc1nc(C)n(-c2ncc(NC(=O)Nc3cccs3)cn2)c1C. The quantitative estimate of drug-likeness (QED) is 0.772. The highest BCUT2D eigenvalue weighted by Crippen LogP contribution is 2.16. The molecular formula is C15H16N6OS. The van der Waals surface area contributed by atoms with E-state index in [-0.39, 0.29) is 6.03 Å². The summed E-state index contributed by atoms with van der Waals surface area (Å²) < 4.78 is 1.88. The van der Waals surface area contributed by atoms with Crippen LogP contribution in [0.3, 0.4) is 0 Å². The van der Waals surface area contributed by atoms with E-state index in [1.54, 1.807) is 12.4 Å². The van der Waals surface area contributed by atoms with Crippen LogP contribution in [0.1, 0.15) is 17.2 Å². The van der Waals surface area contributed by atoms with E-state index in [4.69, 9.17) is 0 Å². The molecule has 0 atom stereocenters. The molecule has 7 nitrogen and oxygen atoms in total. The molecule has 0 fully saturated rings. The van der Waals surface area contributed by atoms with Crippen LogP contribution in [0.25, 0.3) is 5.95 Å². The molecule has 0 spiro atoms. The van der Waals surface area contributed by atoms with Gasteiger partial charge >= 0.3 is 6.03 Å². The number of amides is 2. The molecule has 0 saturated heterocycles. The van der Waals surface area contributed by atoms with Crippen LogP contribution in [0.15, 0.2) is 29.9 Å². The Kier molecular flexibility index (Phi) is 4.07. The lowest BCUT2D eigenvalue weighted by molar-refractivity contribution is 0.262. The van der Waals surface area contributed by atoms with Gasteiger partial charge in [-0.15, -0.1) is 11.3 Å². The first-order chi connectivity index (χ1) is 11.0. The molecular weight excluding hydrogens is 312 g/mol. The van der Waals surface area contributed by atoms with E-state index >= 15 is 0 Å². The van der Waals surface area contributed by atoms with E-state index in [1.165, 1.54) is 11.3 Å². The van der Waals surface area contributed by atoms with E-state index in [0.29, 0.717) is 11.6 Å². The smallest absolute Gasteiger partial charge is 0.305 e. The zero-order chi connectivity index (χ0) is 16.4. The molecule has 0 aliphatic rings. The maximum absolute atomic E-state index is 11.9. The lowest BCUT2D eigenvalue weighted by Crippen LogP contribution is -2.19. The van der Waals surface area contributed by atoms with Gasteiger partial charge < -0.3 is 5.32 Å². The number of nitrogens with zero attached hydrogens (tertiary/aromatic N) is 4. The number of aryl methyl sites for hydroxylation is 2. The average molecular weight is 328 g/mol. The first kappa shape index (κ1) is 15.2. The Balaban J connectivity index is 1.73. The second kappa shape index (κ2) is 6.17. The van der Waals surface area contributed by atoms with Crippen molar-refractivity contribution in [1.29, 1.82) is 0 Å². The number of carbonyl (C=O) groups is 1. The molecule has 3 heterocycles. The summed E-state index contributed by atoms with van der Waals surface area (Å²) in [5, 5.41) is 8.11. The second-order valence-electron chi connectivity index (χ2n) is 4.99. The Morgan fingerprint density at radius 1 is 1.17 bits per heavy atom. The number of nitrogens with one attached hydrogen (secondary N) is 2. The Morgan fingerprint density at radius 2 is 1.91 bits per heavy atom. The van der Waals surface area contributed by atoms with Gasteiger partial charge in [-0.3, -0.25) is 9.88 Å². The monoisotopic (exact) mass is 328 g/mol. The lowest BCUT2D eigenvalue weighted by atomic mass is 10.4. The second-order valence-corrected chi connectivity index (χ2v) is 5.94. The minimum Gasteiger partial charge on any atom is -0.305 e. The summed E-state index contributed by atoms with van der Waals surface area (Å²) in [5.41, 5.74) is 2.47. The number of carbonyl (C=O) groups excluding carboxylic acids is 1. The Labute approximate surface area is 137 Å². The van der Waals surface area contributed by atoms with Gasteiger partial charge in [-0.2, -0.15) is 0 Å². The molecule has 3 rings (SSSR count). The van der Waals surface area contributed by atoms with Crippen molar-refractivity contribution in [2.45, 2.75) is 20.8 Å². The van der Waals surface area contributed by atoms with E-state index in [1.807, 2.05) is 42.9 Å². The van der Waals surface area contributed by atoms with Gasteiger partial charge in [0.25, 0.3) is 0 Å². The Morgan fingerprint density at radius 3 is 2.48 bits per heavy atom. The van der Waals surface area contributed by atoms with E-state index < -0.39 is 0 Å². The van der Waals surface area contributed by atoms with Crippen LogP contribution in [0, 0.1) is 20.8 Å². The predicted octanol–water partition coefficient (Wildman–Crippen LogP) is 3.29. The predicted molar refractivity (Wildman–Crippen MR) is 90.3 cm³/mol. The van der Waals surface area contributed by atoms with Crippen molar-refractivity contribution in [1.82, 2.24) is 19.5 Å². The number of anilines is 2. The molecule has 0 saturated carbocycles. The minimum absolute atomic E-state index is 0.324. The zero-order valence-electron chi connectivity index (χ0n) is 13.0. The van der Waals surface area contributed by atoms with Gasteiger partial charge in [0, 0.05) is 5.69 Å². The molecule has 3 aromatic rings. The number of aromatic nitrogens is 4. The summed E-state index contributed by atoms with van der Waals surface area (Å²) in [6.45, 7) is 5.83. The van der Waals surface area contributed by atoms with E-state index in [2.05, 4.69) is 25.6 Å². The largest absolute Gasteiger partial charge is 0.324 e. The molecule has 0 bridgehead atoms. The molecule has 23 heavy (non-hydrogen) atoms. The van der Waals surface area contributed by atoms with Crippen LogP contribution in [0.2, 0.25) is 0 Å². The standard InChI is InChI=1S/C15H16N6OS/c1-9-10(2)21(11(3)18-9)14-16-7-12(8-17-14)19-15(22)20-13-5-4-6-23-13/h4-8H,1-3H3,(H2,19,20,22). The van der Waals surface area contributed by atoms with E-state index in [0.717, 1.165) is 22.2 Å². The summed E-state index contributed by atoms with van der Waals surface area (Å²) >= 11 is 1.45. The fourth-order valence-corrected chi connectivity index (χ4v) is 2.81. The maximum atomic E-state index is 11.9. The molecule has 0 unspecified atom stereocenters. The average Bonchev–Trinajstić information content (AvgIpc) is 3.09. The van der Waals surface area contributed by atoms with Crippen molar-refractivity contribution in [2.24, 2.45) is 0 Å². The van der Waals surface area contributed by atoms with Crippen LogP contribution in [-0.2, 0) is 0 Å². The number of urea groups is 1. The van der Waals surface area contributed by atoms with Crippen molar-refractivity contribution in [3.8, 4) is 5.95 Å². The lowest BCUT2D eigenvalue weighted by Gasteiger charge is -2.08. The summed E-state index contributed by atoms with van der Waals surface area (Å²) in [6, 6.07) is 3.38. The van der Waals surface area contributed by atoms with Gasteiger partial charge in [-0.25, -0.2) is 19.7 Å². The fourth-order valence-electron chi connectivity index (χ4n) is 2.20. The first-order valence-corrected chi connectivity index (χ1v) is 7.89. The normalized spacial score (nSPS) is 10.6. The van der Waals surface area contributed by atoms with Gasteiger partial charge in [0.05, 0.1) is 28.8 Å². The zero-order valence-corrected chi connectivity index (χ0v) is 13.8. The molecule has 0 aliphatic heterocycles. The first-order valence-electron chi connectivity index (χ1n) is 7.01. The highest BCUT2D eigenvalue weighted by molar-refractivity contribution is 7.14. The third-order valence-electron chi connectivity index (χ3n) is 3.37. The van der Waals surface area contributed by atoms with Gasteiger partial charge in [0.15, 0.2) is 0 Å². The highest BCUT2D eigenvalue weighted by atomic mass is 32.1. The van der Waals surface area contributed by atoms with Crippen molar-refractivity contribution in [3.63, 3.8) is 0 Å². The van der Waals surface area contributed by atoms with Crippen LogP contribution in [0.5, 0.6) is 0 Å². The van der Waals surface area contributed by atoms with Crippen molar-refractivity contribution >= 4 is 28.1 Å². The van der Waals surface area contributed by atoms with Crippen molar-refractivity contribution < 1.29 is 4.79 Å². The number of hydrogen-bond donors (Lipinski definition) is 2. The third kappa shape index (κ3) is 3.21. The Hall–Kier alpha value is -2.74. The molecule has 2 N–H and O–H groups in total. The van der Waals surface area contributed by atoms with Gasteiger partial charge in [0.1, 0.15) is 5.82 Å². The molecule has 2 amide bonds. The maximum Gasteiger partial charge on any atom is 0.324 e. The molecule has 0 aliphatic carbocycles. The van der Waals surface area contributed by atoms with Gasteiger partial charge in [-0.05, 0) is 38.3 Å². The summed E-state index contributed by atoms with van der Waals surface area (Å²) in [7, 11) is 0. The summed E-state index contributed by atoms with van der Waals surface area (Å²) in [4.78, 5) is 24.9. The Bertz CT molecular complexity index is 823. The molecule has 0 radical (unpaired) electrons. The summed E-state index contributed by atoms with van der Waals surface area (Å²) in [6.07, 6.45) is 3.15. The van der Waals surface area contributed by atoms with Crippen LogP contribution < -0.4 is 10.6 Å². The van der Waals surface area contributed by atoms with Crippen molar-refractivity contribution in [2.75, 3.05) is 10.6 Å². The topological polar surface area (TPSA) is 84.7 Å². The number of hydrogen-bond acceptors (Lipinski definition) is 5. The molecule has 3 aromatic heterocycles. The number of imidazole rings is 1. The number of rotatable bonds is 3. The molecule has 118 valence electrons. The van der Waals surface area contributed by atoms with E-state index in [9.17, 15) is 4.79 Å². The number of thiophene rings is 1. The highest BCUT2D eigenvalue weighted by Gasteiger charge is 2.12. The minimum atomic E-state index is -0.324. The van der Waals surface area contributed by atoms with Crippen molar-refractivity contribution in [3.05, 3.63) is 47.1 Å². The molecule has 0 aromatic carbocycles. The third-order valence-corrected chi connectivity index (χ3v) is 4.15. The van der Waals surface area contributed by atoms with Crippen LogP contribution in [-0.4, -0.2) is 25.6 Å².